The zero-order valence-corrected chi connectivity index (χ0v) is 25.5. The molecule has 2 heterocycles. The van der Waals surface area contributed by atoms with Crippen molar-refractivity contribution in [1.29, 1.82) is 0 Å². The second-order valence-electron chi connectivity index (χ2n) is 11.7. The summed E-state index contributed by atoms with van der Waals surface area (Å²) in [6.45, 7) is 6.60. The summed E-state index contributed by atoms with van der Waals surface area (Å²) in [7, 11) is 5.86. The fourth-order valence-electron chi connectivity index (χ4n) is 5.23. The van der Waals surface area contributed by atoms with Gasteiger partial charge in [-0.05, 0) is 82.6 Å². The van der Waals surface area contributed by atoms with Crippen LogP contribution in [0.3, 0.4) is 0 Å². The summed E-state index contributed by atoms with van der Waals surface area (Å²) in [5.41, 5.74) is 2.05. The van der Waals surface area contributed by atoms with E-state index in [0.29, 0.717) is 40.5 Å². The number of nitrogens with one attached hydrogen (secondary N) is 1. The van der Waals surface area contributed by atoms with E-state index in [4.69, 9.17) is 16.0 Å². The number of carbonyl (C=O) groups is 2. The Bertz CT molecular complexity index is 1610. The minimum absolute atomic E-state index is 0.0858. The van der Waals surface area contributed by atoms with Crippen LogP contribution >= 0.6 is 11.6 Å². The van der Waals surface area contributed by atoms with Gasteiger partial charge in [0.05, 0.1) is 16.9 Å². The van der Waals surface area contributed by atoms with Gasteiger partial charge in [0.2, 0.25) is 5.91 Å². The highest BCUT2D eigenvalue weighted by molar-refractivity contribution is 6.32. The largest absolute Gasteiger partial charge is 0.461 e. The summed E-state index contributed by atoms with van der Waals surface area (Å²) in [6.07, 6.45) is 2.34. The third kappa shape index (κ3) is 7.18. The van der Waals surface area contributed by atoms with Crippen LogP contribution < -0.4 is 10.9 Å². The van der Waals surface area contributed by atoms with Crippen molar-refractivity contribution in [2.75, 3.05) is 26.0 Å². The Labute approximate surface area is 245 Å². The lowest BCUT2D eigenvalue weighted by Crippen LogP contribution is -2.26. The number of halogens is 1. The summed E-state index contributed by atoms with van der Waals surface area (Å²) in [5.74, 6) is 0.366. The summed E-state index contributed by atoms with van der Waals surface area (Å²) >= 11 is 6.26. The Morgan fingerprint density at radius 1 is 1.10 bits per heavy atom. The maximum absolute atomic E-state index is 13.6. The molecule has 41 heavy (non-hydrogen) atoms. The van der Waals surface area contributed by atoms with Crippen LogP contribution in [0.1, 0.15) is 61.3 Å². The van der Waals surface area contributed by atoms with E-state index >= 15 is 0 Å². The normalized spacial score (nSPS) is 11.9. The average molecular weight is 579 g/mol. The second-order valence-corrected chi connectivity index (χ2v) is 12.2. The highest BCUT2D eigenvalue weighted by Crippen LogP contribution is 2.32. The van der Waals surface area contributed by atoms with Crippen LogP contribution in [0.15, 0.2) is 57.7 Å². The maximum atomic E-state index is 13.6. The number of carbonyl (C=O) groups excluding carboxylic acids is 2. The quantitative estimate of drug-likeness (QED) is 0.197. The first kappa shape index (κ1) is 30.3. The van der Waals surface area contributed by atoms with Crippen molar-refractivity contribution in [2.24, 2.45) is 12.5 Å². The van der Waals surface area contributed by atoms with E-state index in [9.17, 15) is 14.4 Å². The predicted octanol–water partition coefficient (Wildman–Crippen LogP) is 6.40. The standard InChI is InChI=1S/C32H39ClN4O4/c1-21-17-22-18-23(33)19-25(30(22)41-21)27(38)14-15-32(2,3)20-28(39)34-29-26(13-10-16-35(4)5)36(6)37(31(29)40)24-11-8-7-9-12-24/h7-9,11-12,17-19H,10,13-16,20H2,1-6H3,(H,34,39). The first-order valence-corrected chi connectivity index (χ1v) is 14.3. The van der Waals surface area contributed by atoms with Gasteiger partial charge >= 0.3 is 0 Å². The van der Waals surface area contributed by atoms with E-state index in [-0.39, 0.29) is 30.1 Å². The number of aryl methyl sites for hydroxylation is 1. The number of benzene rings is 2. The summed E-state index contributed by atoms with van der Waals surface area (Å²) in [4.78, 5) is 42.2. The third-order valence-corrected chi connectivity index (χ3v) is 7.56. The number of ketones is 1. The molecule has 0 spiro atoms. The molecule has 0 atom stereocenters. The molecule has 0 bridgehead atoms. The molecular formula is C32H39ClN4O4. The van der Waals surface area contributed by atoms with Crippen LogP contribution in [0.4, 0.5) is 5.69 Å². The van der Waals surface area contributed by atoms with Gasteiger partial charge in [-0.3, -0.25) is 19.1 Å². The van der Waals surface area contributed by atoms with Gasteiger partial charge in [-0.1, -0.05) is 43.6 Å². The number of para-hydroxylation sites is 1. The van der Waals surface area contributed by atoms with Crippen LogP contribution in [0.5, 0.6) is 0 Å². The highest BCUT2D eigenvalue weighted by Gasteiger charge is 2.27. The fraction of sp³-hybridized carbons (Fsp3) is 0.406. The van der Waals surface area contributed by atoms with Crippen molar-refractivity contribution in [3.05, 3.63) is 80.9 Å². The molecule has 0 aliphatic carbocycles. The number of hydrogen-bond acceptors (Lipinski definition) is 5. The molecular weight excluding hydrogens is 540 g/mol. The van der Waals surface area contributed by atoms with Gasteiger partial charge in [-0.2, -0.15) is 0 Å². The van der Waals surface area contributed by atoms with Gasteiger partial charge in [-0.25, -0.2) is 4.68 Å². The lowest BCUT2D eigenvalue weighted by atomic mass is 9.82. The van der Waals surface area contributed by atoms with Crippen molar-refractivity contribution in [3.63, 3.8) is 0 Å². The molecule has 8 nitrogen and oxygen atoms in total. The first-order valence-electron chi connectivity index (χ1n) is 13.9. The van der Waals surface area contributed by atoms with E-state index in [0.717, 1.165) is 29.7 Å². The topological polar surface area (TPSA) is 89.5 Å². The van der Waals surface area contributed by atoms with Gasteiger partial charge in [0.15, 0.2) is 5.78 Å². The molecule has 0 aliphatic heterocycles. The van der Waals surface area contributed by atoms with Gasteiger partial charge in [0, 0.05) is 30.3 Å². The Morgan fingerprint density at radius 2 is 1.80 bits per heavy atom. The zero-order valence-electron chi connectivity index (χ0n) is 24.7. The molecule has 4 aromatic rings. The zero-order chi connectivity index (χ0) is 29.9. The number of fused-ring (bicyclic) bond motifs is 1. The number of amides is 1. The Hall–Kier alpha value is -3.62. The molecule has 218 valence electrons. The summed E-state index contributed by atoms with van der Waals surface area (Å²) in [5, 5.41) is 4.21. The first-order chi connectivity index (χ1) is 19.4. The highest BCUT2D eigenvalue weighted by atomic mass is 35.5. The average Bonchev–Trinajstić information content (AvgIpc) is 3.38. The van der Waals surface area contributed by atoms with Crippen molar-refractivity contribution >= 4 is 39.9 Å². The lowest BCUT2D eigenvalue weighted by Gasteiger charge is -2.23. The Morgan fingerprint density at radius 3 is 2.49 bits per heavy atom. The second kappa shape index (κ2) is 12.5. The number of anilines is 1. The van der Waals surface area contributed by atoms with Crippen molar-refractivity contribution in [2.45, 2.75) is 52.9 Å². The molecule has 0 fully saturated rings. The monoisotopic (exact) mass is 578 g/mol. The van der Waals surface area contributed by atoms with Gasteiger partial charge < -0.3 is 14.6 Å². The Balaban J connectivity index is 1.49. The smallest absolute Gasteiger partial charge is 0.295 e. The number of rotatable bonds is 12. The molecule has 0 saturated heterocycles. The Kier molecular flexibility index (Phi) is 9.24. The van der Waals surface area contributed by atoms with Crippen LogP contribution in [-0.2, 0) is 18.3 Å². The fourth-order valence-corrected chi connectivity index (χ4v) is 5.46. The van der Waals surface area contributed by atoms with Gasteiger partial charge in [0.25, 0.3) is 5.56 Å². The molecule has 2 aromatic heterocycles. The van der Waals surface area contributed by atoms with E-state index < -0.39 is 5.41 Å². The molecule has 1 N–H and O–H groups in total. The minimum atomic E-state index is -0.491. The van der Waals surface area contributed by atoms with Crippen molar-refractivity contribution in [3.8, 4) is 5.69 Å². The predicted molar refractivity (Wildman–Crippen MR) is 164 cm³/mol. The van der Waals surface area contributed by atoms with E-state index in [1.165, 1.54) is 0 Å². The van der Waals surface area contributed by atoms with E-state index in [1.54, 1.807) is 16.8 Å². The van der Waals surface area contributed by atoms with Gasteiger partial charge in [0.1, 0.15) is 17.0 Å². The number of Topliss-reactive ketones (excluding diaryl/α,β-unsaturated/α-hetero) is 1. The molecule has 0 aliphatic rings. The number of furan rings is 1. The maximum Gasteiger partial charge on any atom is 0.295 e. The summed E-state index contributed by atoms with van der Waals surface area (Å²) < 4.78 is 9.18. The number of nitrogens with zero attached hydrogens (tertiary/aromatic N) is 3. The van der Waals surface area contributed by atoms with Crippen LogP contribution in [0.2, 0.25) is 5.02 Å². The van der Waals surface area contributed by atoms with Crippen molar-refractivity contribution < 1.29 is 14.0 Å². The van der Waals surface area contributed by atoms with Crippen LogP contribution in [0.25, 0.3) is 16.7 Å². The minimum Gasteiger partial charge on any atom is -0.461 e. The van der Waals surface area contributed by atoms with Crippen LogP contribution in [0, 0.1) is 12.3 Å². The SMILES string of the molecule is Cc1cc2cc(Cl)cc(C(=O)CCC(C)(C)CC(=O)Nc3c(CCCN(C)C)n(C)n(-c4ccccc4)c3=O)c2o1. The molecule has 0 radical (unpaired) electrons. The van der Waals surface area contributed by atoms with Crippen molar-refractivity contribution in [1.82, 2.24) is 14.3 Å². The third-order valence-electron chi connectivity index (χ3n) is 7.34. The number of aromatic nitrogens is 2. The van der Waals surface area contributed by atoms with E-state index in [1.807, 2.05) is 83.0 Å². The lowest BCUT2D eigenvalue weighted by molar-refractivity contribution is -0.118. The number of hydrogen-bond donors (Lipinski definition) is 1. The molecule has 0 unspecified atom stereocenters. The molecule has 2 aromatic carbocycles. The van der Waals surface area contributed by atoms with Crippen LogP contribution in [-0.4, -0.2) is 46.6 Å². The molecule has 9 heteroatoms. The summed E-state index contributed by atoms with van der Waals surface area (Å²) in [6, 6.07) is 14.7. The molecule has 1 amide bonds. The van der Waals surface area contributed by atoms with E-state index in [2.05, 4.69) is 10.2 Å². The van der Waals surface area contributed by atoms with Gasteiger partial charge in [-0.15, -0.1) is 0 Å². The molecule has 0 saturated carbocycles. The molecule has 4 rings (SSSR count).